The van der Waals surface area contributed by atoms with E-state index >= 15 is 0 Å². The molecular formula is C23H19NO4. The first kappa shape index (κ1) is 17.8. The van der Waals surface area contributed by atoms with Crippen molar-refractivity contribution in [3.05, 3.63) is 78.4 Å². The van der Waals surface area contributed by atoms with Gasteiger partial charge in [-0.15, -0.1) is 0 Å². The summed E-state index contributed by atoms with van der Waals surface area (Å²) in [4.78, 5) is 23.0. The summed E-state index contributed by atoms with van der Waals surface area (Å²) in [5, 5.41) is 11.8. The average Bonchev–Trinajstić information content (AvgIpc) is 2.69. The zero-order valence-corrected chi connectivity index (χ0v) is 15.1. The number of carboxylic acids is 1. The van der Waals surface area contributed by atoms with E-state index in [9.17, 15) is 9.59 Å². The van der Waals surface area contributed by atoms with Crippen molar-refractivity contribution >= 4 is 17.6 Å². The maximum atomic E-state index is 12.0. The normalized spacial score (nSPS) is 15.4. The van der Waals surface area contributed by atoms with Crippen molar-refractivity contribution in [3.63, 3.8) is 0 Å². The Morgan fingerprint density at radius 2 is 1.64 bits per heavy atom. The van der Waals surface area contributed by atoms with Crippen molar-refractivity contribution in [1.29, 1.82) is 0 Å². The van der Waals surface area contributed by atoms with Gasteiger partial charge in [0.25, 0.3) is 0 Å². The molecule has 0 aliphatic carbocycles. The summed E-state index contributed by atoms with van der Waals surface area (Å²) < 4.78 is 5.82. The number of rotatable bonds is 5. The predicted molar refractivity (Wildman–Crippen MR) is 106 cm³/mol. The number of anilines is 1. The number of carboxylic acid groups (broad SMARTS) is 1. The molecule has 1 heterocycles. The van der Waals surface area contributed by atoms with Crippen molar-refractivity contribution in [3.8, 4) is 22.6 Å². The Hall–Kier alpha value is -3.60. The van der Waals surface area contributed by atoms with E-state index in [2.05, 4.69) is 5.32 Å². The van der Waals surface area contributed by atoms with Crippen LogP contribution in [0.4, 0.5) is 5.69 Å². The Morgan fingerprint density at radius 1 is 0.964 bits per heavy atom. The highest BCUT2D eigenvalue weighted by molar-refractivity contribution is 5.97. The molecule has 1 unspecified atom stereocenters. The third-order valence-corrected chi connectivity index (χ3v) is 4.79. The number of hydrogen-bond acceptors (Lipinski definition) is 3. The van der Waals surface area contributed by atoms with E-state index in [1.165, 1.54) is 0 Å². The quantitative estimate of drug-likeness (QED) is 0.678. The summed E-state index contributed by atoms with van der Waals surface area (Å²) in [5.41, 5.74) is 3.73. The van der Waals surface area contributed by atoms with Crippen LogP contribution < -0.4 is 10.1 Å². The molecule has 1 aliphatic heterocycles. The van der Waals surface area contributed by atoms with Gasteiger partial charge in [0.05, 0.1) is 12.3 Å². The Balaban J connectivity index is 1.54. The lowest BCUT2D eigenvalue weighted by Gasteiger charge is -2.24. The van der Waals surface area contributed by atoms with Crippen molar-refractivity contribution in [2.75, 3.05) is 5.32 Å². The first-order valence-corrected chi connectivity index (χ1v) is 9.07. The second-order valence-electron chi connectivity index (χ2n) is 6.80. The first-order chi connectivity index (χ1) is 13.6. The van der Waals surface area contributed by atoms with Gasteiger partial charge in [-0.05, 0) is 59.5 Å². The smallest absolute Gasteiger partial charge is 0.304 e. The molecule has 140 valence electrons. The number of aliphatic carboxylic acids is 1. The third kappa shape index (κ3) is 3.88. The zero-order chi connectivity index (χ0) is 19.5. The number of para-hydroxylation sites is 1. The minimum atomic E-state index is -0.964. The Morgan fingerprint density at radius 3 is 2.36 bits per heavy atom. The Kier molecular flexibility index (Phi) is 4.81. The largest absolute Gasteiger partial charge is 0.481 e. The van der Waals surface area contributed by atoms with Crippen molar-refractivity contribution in [1.82, 2.24) is 0 Å². The van der Waals surface area contributed by atoms with Crippen LogP contribution in [0, 0.1) is 5.92 Å². The number of carbonyl (C=O) groups is 2. The molecule has 0 fully saturated rings. The predicted octanol–water partition coefficient (Wildman–Crippen LogP) is 4.73. The van der Waals surface area contributed by atoms with Crippen LogP contribution in [0.1, 0.15) is 12.0 Å². The number of carbonyl (C=O) groups excluding carboxylic acids is 1. The van der Waals surface area contributed by atoms with Gasteiger partial charge in [0.1, 0.15) is 11.5 Å². The molecule has 3 aromatic rings. The fraction of sp³-hybridized carbons (Fsp3) is 0.130. The molecule has 5 heteroatoms. The minimum absolute atomic E-state index is 0.166. The van der Waals surface area contributed by atoms with Crippen LogP contribution in [0.25, 0.3) is 11.1 Å². The second-order valence-corrected chi connectivity index (χ2v) is 6.80. The van der Waals surface area contributed by atoms with E-state index in [-0.39, 0.29) is 12.3 Å². The summed E-state index contributed by atoms with van der Waals surface area (Å²) in [6.07, 6.45) is 0.261. The molecular weight excluding hydrogens is 354 g/mol. The van der Waals surface area contributed by atoms with Gasteiger partial charge in [0.2, 0.25) is 5.91 Å². The van der Waals surface area contributed by atoms with Gasteiger partial charge in [0, 0.05) is 5.69 Å². The molecule has 0 spiro atoms. The van der Waals surface area contributed by atoms with Crippen LogP contribution in [-0.4, -0.2) is 17.0 Å². The number of fused-ring (bicyclic) bond motifs is 1. The maximum Gasteiger partial charge on any atom is 0.304 e. The number of ether oxygens (including phenoxy) is 1. The molecule has 0 saturated carbocycles. The van der Waals surface area contributed by atoms with Crippen LogP contribution in [0.2, 0.25) is 0 Å². The van der Waals surface area contributed by atoms with Gasteiger partial charge >= 0.3 is 5.97 Å². The van der Waals surface area contributed by atoms with Gasteiger partial charge in [-0.1, -0.05) is 36.4 Å². The Labute approximate surface area is 162 Å². The molecule has 3 aromatic carbocycles. The highest BCUT2D eigenvalue weighted by Gasteiger charge is 2.28. The summed E-state index contributed by atoms with van der Waals surface area (Å²) in [6, 6.07) is 23.2. The monoisotopic (exact) mass is 373 g/mol. The maximum absolute atomic E-state index is 12.0. The van der Waals surface area contributed by atoms with Gasteiger partial charge in [-0.25, -0.2) is 0 Å². The molecule has 2 N–H and O–H groups in total. The van der Waals surface area contributed by atoms with Crippen LogP contribution in [-0.2, 0) is 16.0 Å². The molecule has 0 bridgehead atoms. The number of amides is 1. The van der Waals surface area contributed by atoms with Gasteiger partial charge < -0.3 is 15.2 Å². The SMILES string of the molecule is O=C(O)CC1Cc2cc(-c3ccc(Oc4ccccc4)cc3)ccc2NC1=O. The van der Waals surface area contributed by atoms with Crippen LogP contribution in [0.3, 0.4) is 0 Å². The van der Waals surface area contributed by atoms with Gasteiger partial charge in [-0.3, -0.25) is 9.59 Å². The van der Waals surface area contributed by atoms with Crippen LogP contribution >= 0.6 is 0 Å². The lowest BCUT2D eigenvalue weighted by Crippen LogP contribution is -2.31. The van der Waals surface area contributed by atoms with Gasteiger partial charge in [-0.2, -0.15) is 0 Å². The highest BCUT2D eigenvalue weighted by Crippen LogP contribution is 2.32. The van der Waals surface area contributed by atoms with E-state index in [1.54, 1.807) is 0 Å². The lowest BCUT2D eigenvalue weighted by atomic mass is 9.89. The Bertz CT molecular complexity index is 1010. The number of hydrogen-bond donors (Lipinski definition) is 2. The molecule has 0 aromatic heterocycles. The van der Waals surface area contributed by atoms with Crippen molar-refractivity contribution in [2.45, 2.75) is 12.8 Å². The van der Waals surface area contributed by atoms with E-state index in [0.717, 1.165) is 33.9 Å². The summed E-state index contributed by atoms with van der Waals surface area (Å²) in [7, 11) is 0. The standard InChI is InChI=1S/C23H19NO4/c25-22(26)14-18-13-17-12-16(8-11-21(17)24-23(18)27)15-6-9-20(10-7-15)28-19-4-2-1-3-5-19/h1-12,18H,13-14H2,(H,24,27)(H,25,26). The second kappa shape index (κ2) is 7.56. The van der Waals surface area contributed by atoms with Crippen molar-refractivity contribution in [2.24, 2.45) is 5.92 Å². The summed E-state index contributed by atoms with van der Waals surface area (Å²) in [6.45, 7) is 0. The van der Waals surface area contributed by atoms with Crippen LogP contribution in [0.5, 0.6) is 11.5 Å². The lowest BCUT2D eigenvalue weighted by molar-refractivity contribution is -0.140. The minimum Gasteiger partial charge on any atom is -0.481 e. The van der Waals surface area contributed by atoms with E-state index in [4.69, 9.17) is 9.84 Å². The van der Waals surface area contributed by atoms with E-state index in [1.807, 2.05) is 72.8 Å². The summed E-state index contributed by atoms with van der Waals surface area (Å²) >= 11 is 0. The van der Waals surface area contributed by atoms with E-state index < -0.39 is 11.9 Å². The van der Waals surface area contributed by atoms with Crippen molar-refractivity contribution < 1.29 is 19.4 Å². The zero-order valence-electron chi connectivity index (χ0n) is 15.1. The fourth-order valence-corrected chi connectivity index (χ4v) is 3.37. The number of nitrogens with one attached hydrogen (secondary N) is 1. The molecule has 4 rings (SSSR count). The fourth-order valence-electron chi connectivity index (χ4n) is 3.37. The van der Waals surface area contributed by atoms with Gasteiger partial charge in [0.15, 0.2) is 0 Å². The number of benzene rings is 3. The van der Waals surface area contributed by atoms with Crippen LogP contribution in [0.15, 0.2) is 72.8 Å². The molecule has 1 aliphatic rings. The third-order valence-electron chi connectivity index (χ3n) is 4.79. The molecule has 0 radical (unpaired) electrons. The molecule has 28 heavy (non-hydrogen) atoms. The van der Waals surface area contributed by atoms with E-state index in [0.29, 0.717) is 6.42 Å². The molecule has 0 saturated heterocycles. The highest BCUT2D eigenvalue weighted by atomic mass is 16.5. The topological polar surface area (TPSA) is 75.6 Å². The molecule has 1 atom stereocenters. The first-order valence-electron chi connectivity index (χ1n) is 9.07. The molecule has 1 amide bonds. The molecule has 5 nitrogen and oxygen atoms in total. The average molecular weight is 373 g/mol. The summed E-state index contributed by atoms with van der Waals surface area (Å²) in [5.74, 6) is -0.202.